The van der Waals surface area contributed by atoms with E-state index in [1.54, 1.807) is 11.4 Å². The average molecular weight is 174 g/mol. The molecule has 0 aromatic heterocycles. The molecule has 4 heteroatoms. The summed E-state index contributed by atoms with van der Waals surface area (Å²) in [7, 11) is 1.79. The van der Waals surface area contributed by atoms with Crippen LogP contribution in [-0.4, -0.2) is 41.8 Å². The summed E-state index contributed by atoms with van der Waals surface area (Å²) in [6, 6.07) is 0. The zero-order valence-corrected chi connectivity index (χ0v) is 7.68. The minimum atomic E-state index is 0.194. The second kappa shape index (κ2) is 3.97. The number of carbonyl (C=O) groups excluding carboxylic acids is 1. The Balaban J connectivity index is 2.28. The van der Waals surface area contributed by atoms with Crippen molar-refractivity contribution in [2.75, 3.05) is 26.7 Å². The van der Waals surface area contributed by atoms with Gasteiger partial charge < -0.3 is 4.90 Å². The number of thiol groups is 1. The Labute approximate surface area is 72.9 Å². The van der Waals surface area contributed by atoms with Crippen molar-refractivity contribution < 1.29 is 4.79 Å². The van der Waals surface area contributed by atoms with Crippen molar-refractivity contribution in [3.05, 3.63) is 0 Å². The molecule has 0 aliphatic carbocycles. The van der Waals surface area contributed by atoms with Gasteiger partial charge in [0, 0.05) is 13.1 Å². The topological polar surface area (TPSA) is 23.6 Å². The number of nitrogens with zero attached hydrogens (tertiary/aromatic N) is 2. The van der Waals surface area contributed by atoms with E-state index in [1.165, 1.54) is 0 Å². The number of amides is 1. The number of carbonyl (C=O) groups is 1. The zero-order chi connectivity index (χ0) is 8.27. The van der Waals surface area contributed by atoms with Crippen molar-refractivity contribution in [3.8, 4) is 0 Å². The summed E-state index contributed by atoms with van der Waals surface area (Å²) >= 11 is 4.02. The smallest absolute Gasteiger partial charge is 0.237 e. The fourth-order valence-electron chi connectivity index (χ4n) is 1.26. The molecule has 1 rings (SSSR count). The Morgan fingerprint density at radius 3 is 2.55 bits per heavy atom. The Bertz CT molecular complexity index is 143. The van der Waals surface area contributed by atoms with Crippen molar-refractivity contribution >= 4 is 18.7 Å². The second-order valence-electron chi connectivity index (χ2n) is 2.90. The molecule has 0 spiro atoms. The summed E-state index contributed by atoms with van der Waals surface area (Å²) in [6.45, 7) is 2.28. The van der Waals surface area contributed by atoms with Crippen LogP contribution in [0.2, 0.25) is 0 Å². The molecule has 0 atom stereocenters. The first kappa shape index (κ1) is 8.87. The van der Waals surface area contributed by atoms with Gasteiger partial charge in [0.15, 0.2) is 0 Å². The molecule has 1 fully saturated rings. The highest BCUT2D eigenvalue weighted by atomic mass is 32.1. The van der Waals surface area contributed by atoms with Gasteiger partial charge in [-0.1, -0.05) is 12.8 Å². The predicted octanol–water partition coefficient (Wildman–Crippen LogP) is 0.385. The Morgan fingerprint density at radius 1 is 1.55 bits per heavy atom. The molecule has 1 heterocycles. The van der Waals surface area contributed by atoms with E-state index in [4.69, 9.17) is 0 Å². The van der Waals surface area contributed by atoms with Gasteiger partial charge in [-0.3, -0.25) is 4.79 Å². The fraction of sp³-hybridized carbons (Fsp3) is 0.857. The summed E-state index contributed by atoms with van der Waals surface area (Å²) in [4.78, 5) is 13.2. The molecule has 0 unspecified atom stereocenters. The van der Waals surface area contributed by atoms with Crippen LogP contribution < -0.4 is 0 Å². The maximum Gasteiger partial charge on any atom is 0.237 e. The zero-order valence-electron chi connectivity index (χ0n) is 6.79. The van der Waals surface area contributed by atoms with Gasteiger partial charge >= 0.3 is 0 Å². The van der Waals surface area contributed by atoms with Crippen LogP contribution >= 0.6 is 12.8 Å². The lowest BCUT2D eigenvalue weighted by molar-refractivity contribution is -0.129. The van der Waals surface area contributed by atoms with Crippen molar-refractivity contribution in [2.45, 2.75) is 12.8 Å². The maximum atomic E-state index is 11.3. The van der Waals surface area contributed by atoms with Crippen LogP contribution in [0, 0.1) is 0 Å². The van der Waals surface area contributed by atoms with Gasteiger partial charge in [0.1, 0.15) is 0 Å². The van der Waals surface area contributed by atoms with E-state index < -0.39 is 0 Å². The van der Waals surface area contributed by atoms with E-state index in [9.17, 15) is 4.79 Å². The number of hydrogen-bond acceptors (Lipinski definition) is 3. The van der Waals surface area contributed by atoms with Crippen LogP contribution in [0.25, 0.3) is 0 Å². The molecule has 1 saturated heterocycles. The largest absolute Gasteiger partial charge is 0.342 e. The normalized spacial score (nSPS) is 17.9. The molecule has 0 aromatic rings. The number of hydrogen-bond donors (Lipinski definition) is 1. The lowest BCUT2D eigenvalue weighted by atomic mass is 10.4. The van der Waals surface area contributed by atoms with Crippen LogP contribution in [0.3, 0.4) is 0 Å². The molecule has 0 N–H and O–H groups in total. The van der Waals surface area contributed by atoms with Gasteiger partial charge in [-0.15, -0.1) is 0 Å². The molecule has 64 valence electrons. The molecule has 3 nitrogen and oxygen atoms in total. The van der Waals surface area contributed by atoms with E-state index >= 15 is 0 Å². The van der Waals surface area contributed by atoms with Crippen LogP contribution in [0.5, 0.6) is 0 Å². The number of rotatable bonds is 2. The first-order valence-electron chi connectivity index (χ1n) is 3.88. The standard InChI is InChI=1S/C7H14N2OS/c1-8(11)6-7(10)9-4-2-3-5-9/h11H,2-6H2,1H3. The molecule has 1 amide bonds. The molecule has 0 radical (unpaired) electrons. The van der Waals surface area contributed by atoms with Crippen molar-refractivity contribution in [1.29, 1.82) is 0 Å². The number of likely N-dealkylation sites (tertiary alicyclic amines) is 1. The van der Waals surface area contributed by atoms with Crippen molar-refractivity contribution in [1.82, 2.24) is 9.21 Å². The summed E-state index contributed by atoms with van der Waals surface area (Å²) in [5.41, 5.74) is 0. The van der Waals surface area contributed by atoms with Gasteiger partial charge in [0.05, 0.1) is 6.54 Å². The van der Waals surface area contributed by atoms with Crippen LogP contribution in [0.15, 0.2) is 0 Å². The highest BCUT2D eigenvalue weighted by Crippen LogP contribution is 2.07. The summed E-state index contributed by atoms with van der Waals surface area (Å²) in [5.74, 6) is 0.194. The second-order valence-corrected chi connectivity index (χ2v) is 3.59. The third-order valence-corrected chi connectivity index (χ3v) is 1.96. The van der Waals surface area contributed by atoms with Gasteiger partial charge in [0.25, 0.3) is 0 Å². The van der Waals surface area contributed by atoms with Crippen molar-refractivity contribution in [3.63, 3.8) is 0 Å². The van der Waals surface area contributed by atoms with E-state index in [0.717, 1.165) is 25.9 Å². The van der Waals surface area contributed by atoms with Gasteiger partial charge in [-0.2, -0.15) is 0 Å². The van der Waals surface area contributed by atoms with Crippen LogP contribution in [0.4, 0.5) is 0 Å². The van der Waals surface area contributed by atoms with Gasteiger partial charge in [0.2, 0.25) is 5.91 Å². The van der Waals surface area contributed by atoms with E-state index in [0.29, 0.717) is 6.54 Å². The first-order valence-corrected chi connectivity index (χ1v) is 4.28. The monoisotopic (exact) mass is 174 g/mol. The lowest BCUT2D eigenvalue weighted by Crippen LogP contribution is -2.34. The molecule has 1 aliphatic heterocycles. The molecule has 11 heavy (non-hydrogen) atoms. The van der Waals surface area contributed by atoms with E-state index in [1.807, 2.05) is 4.90 Å². The third kappa shape index (κ3) is 2.71. The fourth-order valence-corrected chi connectivity index (χ4v) is 1.38. The summed E-state index contributed by atoms with van der Waals surface area (Å²) in [6.07, 6.45) is 2.31. The molecule has 1 aliphatic rings. The van der Waals surface area contributed by atoms with Crippen LogP contribution in [-0.2, 0) is 4.79 Å². The highest BCUT2D eigenvalue weighted by Gasteiger charge is 2.17. The minimum absolute atomic E-state index is 0.194. The van der Waals surface area contributed by atoms with Gasteiger partial charge in [-0.25, -0.2) is 4.31 Å². The average Bonchev–Trinajstić information content (AvgIpc) is 2.35. The molecular weight excluding hydrogens is 160 g/mol. The Hall–Kier alpha value is -0.220. The van der Waals surface area contributed by atoms with E-state index in [-0.39, 0.29) is 5.91 Å². The third-order valence-electron chi connectivity index (χ3n) is 1.82. The Kier molecular flexibility index (Phi) is 3.20. The molecule has 0 saturated carbocycles. The Morgan fingerprint density at radius 2 is 2.09 bits per heavy atom. The lowest BCUT2D eigenvalue weighted by Gasteiger charge is -2.17. The molecule has 0 bridgehead atoms. The minimum Gasteiger partial charge on any atom is -0.342 e. The SMILES string of the molecule is CN(S)CC(=O)N1CCCC1. The van der Waals surface area contributed by atoms with Crippen molar-refractivity contribution in [2.24, 2.45) is 0 Å². The van der Waals surface area contributed by atoms with Crippen LogP contribution in [0.1, 0.15) is 12.8 Å². The first-order chi connectivity index (χ1) is 5.20. The van der Waals surface area contributed by atoms with E-state index in [2.05, 4.69) is 12.8 Å². The maximum absolute atomic E-state index is 11.3. The molecule has 0 aromatic carbocycles. The molecular formula is C7H14N2OS. The predicted molar refractivity (Wildman–Crippen MR) is 47.4 cm³/mol. The van der Waals surface area contributed by atoms with Gasteiger partial charge in [-0.05, 0) is 19.9 Å². The quantitative estimate of drug-likeness (QED) is 0.612. The highest BCUT2D eigenvalue weighted by molar-refractivity contribution is 7.77. The number of likely N-dealkylation sites (N-methyl/N-ethyl adjacent to an activating group) is 1. The summed E-state index contributed by atoms with van der Waals surface area (Å²) < 4.78 is 1.61. The summed E-state index contributed by atoms with van der Waals surface area (Å²) in [5, 5.41) is 0.